The fourth-order valence-corrected chi connectivity index (χ4v) is 4.74. The maximum absolute atomic E-state index is 13.4. The number of amides is 1. The number of hydrogen-bond acceptors (Lipinski definition) is 7. The Morgan fingerprint density at radius 1 is 1.34 bits per heavy atom. The molecule has 29 heavy (non-hydrogen) atoms. The molecule has 0 atom stereocenters. The number of nitrogens with zero attached hydrogens (tertiary/aromatic N) is 2. The van der Waals surface area contributed by atoms with Crippen LogP contribution < -0.4 is 4.90 Å². The third-order valence-electron chi connectivity index (χ3n) is 3.78. The summed E-state index contributed by atoms with van der Waals surface area (Å²) in [5.41, 5.74) is 0.685. The van der Waals surface area contributed by atoms with Crippen molar-refractivity contribution in [2.45, 2.75) is 4.90 Å². The lowest BCUT2D eigenvalue weighted by Crippen LogP contribution is -2.27. The summed E-state index contributed by atoms with van der Waals surface area (Å²) in [4.78, 5) is 25.6. The van der Waals surface area contributed by atoms with E-state index in [1.165, 1.54) is 40.9 Å². The number of thioether (sulfide) groups is 2. The average Bonchev–Trinajstić information content (AvgIpc) is 2.96. The summed E-state index contributed by atoms with van der Waals surface area (Å²) in [6.07, 6.45) is 1.51. The van der Waals surface area contributed by atoms with Gasteiger partial charge in [0.05, 0.1) is 32.0 Å². The monoisotopic (exact) mass is 470 g/mol. The van der Waals surface area contributed by atoms with E-state index in [4.69, 9.17) is 28.9 Å². The molecule has 1 heterocycles. The van der Waals surface area contributed by atoms with Gasteiger partial charge in [0.1, 0.15) is 5.82 Å². The predicted molar refractivity (Wildman–Crippen MR) is 118 cm³/mol. The highest BCUT2D eigenvalue weighted by Crippen LogP contribution is 2.38. The minimum absolute atomic E-state index is 0.0978. The summed E-state index contributed by atoms with van der Waals surface area (Å²) in [5.74, 6) is -0.703. The Bertz CT molecular complexity index is 1050. The molecule has 1 N–H and O–H groups in total. The van der Waals surface area contributed by atoms with Crippen LogP contribution in [0.25, 0.3) is 6.08 Å². The van der Waals surface area contributed by atoms with Crippen LogP contribution in [0.4, 0.5) is 15.8 Å². The molecule has 1 aliphatic heterocycles. The fourth-order valence-electron chi connectivity index (χ4n) is 2.51. The molecule has 1 saturated heterocycles. The number of aliphatic hydroxyl groups is 1. The van der Waals surface area contributed by atoms with Crippen molar-refractivity contribution < 1.29 is 19.2 Å². The highest BCUT2D eigenvalue weighted by atomic mass is 35.5. The molecule has 2 aromatic carbocycles. The van der Waals surface area contributed by atoms with E-state index in [0.29, 0.717) is 21.9 Å². The Hall–Kier alpha value is -1.98. The fraction of sp³-hybridized carbons (Fsp3) is 0.111. The SMILES string of the molecule is O=C1C(=Cc2ccc(SCCO)c([N+](=O)[O-])c2)SC(=S)N1c1ccc(F)c(Cl)c1. The third-order valence-corrected chi connectivity index (χ3v) is 6.42. The molecular weight excluding hydrogens is 459 g/mol. The van der Waals surface area contributed by atoms with Gasteiger partial charge >= 0.3 is 0 Å². The number of carbonyl (C=O) groups is 1. The zero-order valence-electron chi connectivity index (χ0n) is 14.5. The smallest absolute Gasteiger partial charge is 0.283 e. The van der Waals surface area contributed by atoms with Crippen molar-refractivity contribution in [2.24, 2.45) is 0 Å². The van der Waals surface area contributed by atoms with E-state index >= 15 is 0 Å². The van der Waals surface area contributed by atoms with Crippen LogP contribution in [-0.2, 0) is 4.79 Å². The normalized spacial score (nSPS) is 15.4. The van der Waals surface area contributed by atoms with E-state index in [0.717, 1.165) is 17.8 Å². The minimum Gasteiger partial charge on any atom is -0.396 e. The van der Waals surface area contributed by atoms with Crippen LogP contribution in [0.3, 0.4) is 0 Å². The number of nitro groups is 1. The molecule has 3 rings (SSSR count). The zero-order valence-corrected chi connectivity index (χ0v) is 17.7. The highest BCUT2D eigenvalue weighted by molar-refractivity contribution is 8.27. The second-order valence-corrected chi connectivity index (χ2v) is 8.89. The Morgan fingerprint density at radius 2 is 2.10 bits per heavy atom. The molecule has 1 fully saturated rings. The number of aliphatic hydroxyl groups excluding tert-OH is 1. The van der Waals surface area contributed by atoms with Crippen molar-refractivity contribution >= 4 is 75.0 Å². The van der Waals surface area contributed by atoms with Crippen molar-refractivity contribution in [3.63, 3.8) is 0 Å². The van der Waals surface area contributed by atoms with E-state index in [1.807, 2.05) is 0 Å². The summed E-state index contributed by atoms with van der Waals surface area (Å²) in [7, 11) is 0. The molecule has 0 aliphatic carbocycles. The van der Waals surface area contributed by atoms with Crippen LogP contribution >= 0.6 is 47.3 Å². The highest BCUT2D eigenvalue weighted by Gasteiger charge is 2.33. The van der Waals surface area contributed by atoms with Gasteiger partial charge in [0, 0.05) is 11.8 Å². The molecule has 0 aromatic heterocycles. The lowest BCUT2D eigenvalue weighted by atomic mass is 10.2. The van der Waals surface area contributed by atoms with Crippen LogP contribution in [0.5, 0.6) is 0 Å². The van der Waals surface area contributed by atoms with Crippen LogP contribution in [0.2, 0.25) is 5.02 Å². The van der Waals surface area contributed by atoms with E-state index < -0.39 is 16.6 Å². The van der Waals surface area contributed by atoms with Crippen molar-refractivity contribution in [1.29, 1.82) is 0 Å². The van der Waals surface area contributed by atoms with Gasteiger partial charge < -0.3 is 5.11 Å². The number of thiocarbonyl (C=S) groups is 1. The molecular formula is C18H12ClFN2O4S3. The largest absolute Gasteiger partial charge is 0.396 e. The standard InChI is InChI=1S/C18H12ClFN2O4S3/c19-12-9-11(2-3-13(12)20)21-17(24)16(29-18(21)27)8-10-1-4-15(28-6-5-23)14(7-10)22(25)26/h1-4,7-9,23H,5-6H2. The molecule has 0 spiro atoms. The molecule has 2 aromatic rings. The second-order valence-electron chi connectivity index (χ2n) is 5.67. The minimum atomic E-state index is -0.608. The summed E-state index contributed by atoms with van der Waals surface area (Å²) >= 11 is 13.3. The van der Waals surface area contributed by atoms with E-state index in [1.54, 1.807) is 12.1 Å². The predicted octanol–water partition coefficient (Wildman–Crippen LogP) is 4.88. The molecule has 0 unspecified atom stereocenters. The van der Waals surface area contributed by atoms with Crippen LogP contribution in [0.15, 0.2) is 46.2 Å². The number of nitro benzene ring substituents is 1. The lowest BCUT2D eigenvalue weighted by Gasteiger charge is -2.14. The molecule has 0 bridgehead atoms. The van der Waals surface area contributed by atoms with Gasteiger partial charge in [0.25, 0.3) is 11.6 Å². The Morgan fingerprint density at radius 3 is 2.76 bits per heavy atom. The molecule has 6 nitrogen and oxygen atoms in total. The van der Waals surface area contributed by atoms with Gasteiger partial charge in [-0.2, -0.15) is 0 Å². The quantitative estimate of drug-likeness (QED) is 0.212. The van der Waals surface area contributed by atoms with Crippen molar-refractivity contribution in [3.05, 3.63) is 67.8 Å². The molecule has 0 saturated carbocycles. The molecule has 1 amide bonds. The zero-order chi connectivity index (χ0) is 21.1. The van der Waals surface area contributed by atoms with Gasteiger partial charge in [-0.25, -0.2) is 4.39 Å². The van der Waals surface area contributed by atoms with Gasteiger partial charge in [0.15, 0.2) is 4.32 Å². The van der Waals surface area contributed by atoms with Crippen LogP contribution in [-0.4, -0.2) is 32.6 Å². The van der Waals surface area contributed by atoms with Gasteiger partial charge in [-0.1, -0.05) is 41.6 Å². The number of anilines is 1. The summed E-state index contributed by atoms with van der Waals surface area (Å²) in [6.45, 7) is -0.0978. The third kappa shape index (κ3) is 4.78. The first kappa shape index (κ1) is 21.7. The number of halogens is 2. The second kappa shape index (κ2) is 9.23. The maximum atomic E-state index is 13.4. The number of benzene rings is 2. The van der Waals surface area contributed by atoms with Crippen molar-refractivity contribution in [2.75, 3.05) is 17.3 Å². The summed E-state index contributed by atoms with van der Waals surface area (Å²) in [6, 6.07) is 8.43. The Balaban J connectivity index is 1.92. The van der Waals surface area contributed by atoms with Crippen molar-refractivity contribution in [3.8, 4) is 0 Å². The molecule has 0 radical (unpaired) electrons. The molecule has 1 aliphatic rings. The summed E-state index contributed by atoms with van der Waals surface area (Å²) < 4.78 is 13.6. The number of carbonyl (C=O) groups excluding carboxylic acids is 1. The van der Waals surface area contributed by atoms with Gasteiger partial charge in [-0.05, 0) is 35.9 Å². The van der Waals surface area contributed by atoms with Gasteiger partial charge in [-0.15, -0.1) is 11.8 Å². The van der Waals surface area contributed by atoms with E-state index in [2.05, 4.69) is 0 Å². The van der Waals surface area contributed by atoms with Crippen LogP contribution in [0, 0.1) is 15.9 Å². The van der Waals surface area contributed by atoms with E-state index in [-0.39, 0.29) is 26.5 Å². The Labute approximate surface area is 183 Å². The number of rotatable bonds is 6. The number of hydrogen-bond donors (Lipinski definition) is 1. The van der Waals surface area contributed by atoms with Gasteiger partial charge in [0.2, 0.25) is 0 Å². The first-order chi connectivity index (χ1) is 13.8. The van der Waals surface area contributed by atoms with Crippen LogP contribution in [0.1, 0.15) is 5.56 Å². The lowest BCUT2D eigenvalue weighted by molar-refractivity contribution is -0.387. The van der Waals surface area contributed by atoms with E-state index in [9.17, 15) is 19.3 Å². The van der Waals surface area contributed by atoms with Gasteiger partial charge in [-0.3, -0.25) is 19.8 Å². The maximum Gasteiger partial charge on any atom is 0.283 e. The molecule has 150 valence electrons. The molecule has 11 heteroatoms. The Kier molecular flexibility index (Phi) is 6.91. The average molecular weight is 471 g/mol. The topological polar surface area (TPSA) is 83.7 Å². The first-order valence-corrected chi connectivity index (χ1v) is 10.7. The summed E-state index contributed by atoms with van der Waals surface area (Å²) in [5, 5.41) is 20.1. The first-order valence-electron chi connectivity index (χ1n) is 8.07. The van der Waals surface area contributed by atoms with Crippen molar-refractivity contribution in [1.82, 2.24) is 0 Å².